The van der Waals surface area contributed by atoms with Gasteiger partial charge in [-0.15, -0.1) is 0 Å². The minimum Gasteiger partial charge on any atom is -0.271 e. The lowest BCUT2D eigenvalue weighted by atomic mass is 10.0. The van der Waals surface area contributed by atoms with Crippen LogP contribution in [0.5, 0.6) is 0 Å². The molecule has 0 aromatic heterocycles. The number of hydrogen-bond donors (Lipinski definition) is 2. The molecule has 1 atom stereocenters. The zero-order valence-corrected chi connectivity index (χ0v) is 15.3. The van der Waals surface area contributed by atoms with E-state index in [1.54, 1.807) is 6.92 Å². The van der Waals surface area contributed by atoms with Crippen LogP contribution in [0.25, 0.3) is 0 Å². The first-order valence-electron chi connectivity index (χ1n) is 6.01. The van der Waals surface area contributed by atoms with Crippen molar-refractivity contribution in [1.82, 2.24) is 5.43 Å². The fourth-order valence-electron chi connectivity index (χ4n) is 1.76. The molecule has 0 radical (unpaired) electrons. The molecule has 108 valence electrons. The number of halogens is 2. The molecule has 4 nitrogen and oxygen atoms in total. The quantitative estimate of drug-likeness (QED) is 0.373. The normalized spacial score (nSPS) is 13.5. The molecule has 0 saturated heterocycles. The van der Waals surface area contributed by atoms with E-state index in [2.05, 4.69) is 43.9 Å². The topological polar surface area (TPSA) is 72.2 Å². The first-order valence-corrected chi connectivity index (χ1v) is 9.70. The fourth-order valence-corrected chi connectivity index (χ4v) is 3.70. The van der Waals surface area contributed by atoms with Gasteiger partial charge in [0.15, 0.2) is 0 Å². The maximum atomic E-state index is 11.5. The minimum absolute atomic E-state index is 0.0452. The van der Waals surface area contributed by atoms with Crippen LogP contribution in [0, 0.1) is 3.57 Å². The van der Waals surface area contributed by atoms with Crippen LogP contribution in [-0.4, -0.2) is 19.9 Å². The zero-order valence-electron chi connectivity index (χ0n) is 10.7. The third-order valence-electron chi connectivity index (χ3n) is 2.92. The minimum atomic E-state index is -2.91. The Morgan fingerprint density at radius 2 is 2.16 bits per heavy atom. The van der Waals surface area contributed by atoms with E-state index in [0.29, 0.717) is 12.8 Å². The standard InChI is InChI=1S/C12H18BrIN2O2S/c1-2-19(17,18)7-3-4-12(16-15)10-8-9(14)5-6-11(10)13/h5-6,8,12,16H,2-4,7,15H2,1H3. The lowest BCUT2D eigenvalue weighted by Gasteiger charge is -2.18. The molecule has 0 aliphatic carbocycles. The Morgan fingerprint density at radius 3 is 2.74 bits per heavy atom. The van der Waals surface area contributed by atoms with Crippen LogP contribution in [-0.2, 0) is 9.84 Å². The highest BCUT2D eigenvalue weighted by atomic mass is 127. The van der Waals surface area contributed by atoms with Gasteiger partial charge in [-0.1, -0.05) is 22.9 Å². The Balaban J connectivity index is 2.71. The molecule has 1 rings (SSSR count). The van der Waals surface area contributed by atoms with Crippen molar-refractivity contribution < 1.29 is 8.42 Å². The Bertz CT molecular complexity index is 522. The van der Waals surface area contributed by atoms with Crippen LogP contribution in [0.15, 0.2) is 22.7 Å². The molecule has 0 aliphatic rings. The summed E-state index contributed by atoms with van der Waals surface area (Å²) in [5.41, 5.74) is 3.82. The number of hydrogen-bond acceptors (Lipinski definition) is 4. The molecule has 3 N–H and O–H groups in total. The van der Waals surface area contributed by atoms with E-state index in [1.165, 1.54) is 0 Å². The van der Waals surface area contributed by atoms with Gasteiger partial charge in [-0.05, 0) is 59.2 Å². The number of rotatable bonds is 7. The summed E-state index contributed by atoms with van der Waals surface area (Å²) in [5.74, 6) is 5.99. The molecule has 1 aromatic rings. The van der Waals surface area contributed by atoms with Crippen molar-refractivity contribution in [1.29, 1.82) is 0 Å². The molecule has 1 unspecified atom stereocenters. The average molecular weight is 461 g/mol. The second kappa shape index (κ2) is 7.92. The predicted octanol–water partition coefficient (Wildman–Crippen LogP) is 2.77. The molecule has 0 heterocycles. The second-order valence-corrected chi connectivity index (χ2v) is 8.84. The summed E-state index contributed by atoms with van der Waals surface area (Å²) in [5, 5.41) is 0. The van der Waals surface area contributed by atoms with Gasteiger partial charge < -0.3 is 0 Å². The van der Waals surface area contributed by atoms with Crippen molar-refractivity contribution in [3.8, 4) is 0 Å². The molecule has 7 heteroatoms. The molecule has 0 spiro atoms. The molecule has 0 fully saturated rings. The molecule has 19 heavy (non-hydrogen) atoms. The van der Waals surface area contributed by atoms with Crippen LogP contribution in [0.4, 0.5) is 0 Å². The van der Waals surface area contributed by atoms with Crippen molar-refractivity contribution in [2.24, 2.45) is 5.84 Å². The first-order chi connectivity index (χ1) is 8.89. The average Bonchev–Trinajstić information content (AvgIpc) is 2.38. The van der Waals surface area contributed by atoms with E-state index in [1.807, 2.05) is 18.2 Å². The van der Waals surface area contributed by atoms with E-state index in [-0.39, 0.29) is 17.5 Å². The van der Waals surface area contributed by atoms with Gasteiger partial charge in [0.1, 0.15) is 9.84 Å². The summed E-state index contributed by atoms with van der Waals surface area (Å²) in [6.45, 7) is 1.67. The third kappa shape index (κ3) is 5.66. The van der Waals surface area contributed by atoms with Crippen molar-refractivity contribution in [2.75, 3.05) is 11.5 Å². The van der Waals surface area contributed by atoms with Gasteiger partial charge in [-0.2, -0.15) is 0 Å². The van der Waals surface area contributed by atoms with Gasteiger partial charge in [0.25, 0.3) is 0 Å². The summed E-state index contributed by atoms with van der Waals surface area (Å²) in [6.07, 6.45) is 1.29. The van der Waals surface area contributed by atoms with Crippen molar-refractivity contribution in [2.45, 2.75) is 25.8 Å². The van der Waals surface area contributed by atoms with E-state index in [9.17, 15) is 8.42 Å². The van der Waals surface area contributed by atoms with Gasteiger partial charge in [0.2, 0.25) is 0 Å². The van der Waals surface area contributed by atoms with Crippen LogP contribution >= 0.6 is 38.5 Å². The molecule has 0 aliphatic heterocycles. The van der Waals surface area contributed by atoms with Crippen molar-refractivity contribution in [3.05, 3.63) is 31.8 Å². The molecule has 0 saturated carbocycles. The van der Waals surface area contributed by atoms with E-state index < -0.39 is 9.84 Å². The second-order valence-electron chi connectivity index (χ2n) is 4.26. The SMILES string of the molecule is CCS(=O)(=O)CCCC(NN)c1cc(I)ccc1Br. The fraction of sp³-hybridized carbons (Fsp3) is 0.500. The van der Waals surface area contributed by atoms with Gasteiger partial charge >= 0.3 is 0 Å². The summed E-state index contributed by atoms with van der Waals surface area (Å²) in [4.78, 5) is 0. The Kier molecular flexibility index (Phi) is 7.23. The number of benzene rings is 1. The lowest BCUT2D eigenvalue weighted by Crippen LogP contribution is -2.28. The number of nitrogens with two attached hydrogens (primary N) is 1. The van der Waals surface area contributed by atoms with Crippen LogP contribution in [0.3, 0.4) is 0 Å². The summed E-state index contributed by atoms with van der Waals surface area (Å²) in [7, 11) is -2.91. The number of nitrogens with one attached hydrogen (secondary N) is 1. The highest BCUT2D eigenvalue weighted by Gasteiger charge is 2.15. The Hall–Kier alpha value is 0.300. The van der Waals surface area contributed by atoms with Crippen LogP contribution < -0.4 is 11.3 Å². The zero-order chi connectivity index (χ0) is 14.5. The maximum Gasteiger partial charge on any atom is 0.150 e. The third-order valence-corrected chi connectivity index (χ3v) is 6.11. The van der Waals surface area contributed by atoms with Crippen LogP contribution in [0.2, 0.25) is 0 Å². The van der Waals surface area contributed by atoms with E-state index in [4.69, 9.17) is 5.84 Å². The lowest BCUT2D eigenvalue weighted by molar-refractivity contribution is 0.505. The molecule has 1 aromatic carbocycles. The highest BCUT2D eigenvalue weighted by molar-refractivity contribution is 14.1. The van der Waals surface area contributed by atoms with Gasteiger partial charge in [0, 0.05) is 19.8 Å². The summed E-state index contributed by atoms with van der Waals surface area (Å²) >= 11 is 5.74. The van der Waals surface area contributed by atoms with Gasteiger partial charge in [0.05, 0.1) is 5.75 Å². The summed E-state index contributed by atoms with van der Waals surface area (Å²) < 4.78 is 25.0. The summed E-state index contributed by atoms with van der Waals surface area (Å²) in [6, 6.07) is 5.98. The first kappa shape index (κ1) is 17.4. The molecular formula is C12H18BrIN2O2S. The number of sulfone groups is 1. The highest BCUT2D eigenvalue weighted by Crippen LogP contribution is 2.28. The smallest absolute Gasteiger partial charge is 0.150 e. The Morgan fingerprint density at radius 1 is 1.47 bits per heavy atom. The molecular weight excluding hydrogens is 443 g/mol. The Labute approximate surface area is 136 Å². The van der Waals surface area contributed by atoms with Crippen LogP contribution in [0.1, 0.15) is 31.4 Å². The largest absolute Gasteiger partial charge is 0.271 e. The molecule has 0 amide bonds. The maximum absolute atomic E-state index is 11.5. The van der Waals surface area contributed by atoms with E-state index >= 15 is 0 Å². The number of hydrazine groups is 1. The monoisotopic (exact) mass is 460 g/mol. The predicted molar refractivity (Wildman–Crippen MR) is 90.5 cm³/mol. The van der Waals surface area contributed by atoms with Crippen molar-refractivity contribution in [3.63, 3.8) is 0 Å². The van der Waals surface area contributed by atoms with E-state index in [0.717, 1.165) is 13.6 Å². The van der Waals surface area contributed by atoms with Gasteiger partial charge in [-0.3, -0.25) is 11.3 Å². The van der Waals surface area contributed by atoms with Crippen molar-refractivity contribution >= 4 is 48.4 Å². The molecule has 0 bridgehead atoms. The van der Waals surface area contributed by atoms with Gasteiger partial charge in [-0.25, -0.2) is 8.42 Å².